The van der Waals surface area contributed by atoms with E-state index in [9.17, 15) is 9.90 Å². The normalized spacial score (nSPS) is 12.8. The van der Waals surface area contributed by atoms with Crippen molar-refractivity contribution in [2.24, 2.45) is 0 Å². The fourth-order valence-electron chi connectivity index (χ4n) is 3.90. The zero-order valence-corrected chi connectivity index (χ0v) is 19.7. The van der Waals surface area contributed by atoms with Crippen LogP contribution in [0.4, 0.5) is 0 Å². The van der Waals surface area contributed by atoms with Crippen molar-refractivity contribution < 1.29 is 9.90 Å². The third-order valence-electron chi connectivity index (χ3n) is 5.63. The lowest BCUT2D eigenvalue weighted by Crippen LogP contribution is -2.45. The number of carbonyl (C=O) groups excluding carboxylic acids is 1. The van der Waals surface area contributed by atoms with E-state index in [1.807, 2.05) is 67.6 Å². The predicted octanol–water partition coefficient (Wildman–Crippen LogP) is 5.09. The van der Waals surface area contributed by atoms with Crippen molar-refractivity contribution in [2.45, 2.75) is 38.3 Å². The Hall–Kier alpha value is -3.48. The molecule has 0 bridgehead atoms. The smallest absolute Gasteiger partial charge is 0.255 e. The average molecular weight is 475 g/mol. The number of benzene rings is 2. The predicted molar refractivity (Wildman–Crippen MR) is 134 cm³/mol. The SMILES string of the molecule is CCCC(O)C(Cc1ccccc1)NC(=O)c1cccnc1-n1cc(Cl)c(-c2ccccc2)n1. The van der Waals surface area contributed by atoms with E-state index in [2.05, 4.69) is 15.4 Å². The standard InChI is InChI=1S/C27H27ClN4O2/c1-2-10-24(33)23(17-19-11-5-3-6-12-19)30-27(34)21-15-9-16-29-26(21)32-18-22(28)25(31-32)20-13-7-4-8-14-20/h3-9,11-16,18,23-24,33H,2,10,17H2,1H3,(H,30,34). The third-order valence-corrected chi connectivity index (χ3v) is 5.91. The zero-order chi connectivity index (χ0) is 23.9. The molecular weight excluding hydrogens is 448 g/mol. The average Bonchev–Trinajstić information content (AvgIpc) is 3.26. The quantitative estimate of drug-likeness (QED) is 0.354. The molecule has 4 aromatic rings. The number of hydrogen-bond donors (Lipinski definition) is 2. The van der Waals surface area contributed by atoms with Crippen LogP contribution in [0.2, 0.25) is 5.02 Å². The van der Waals surface area contributed by atoms with Gasteiger partial charge in [-0.1, -0.05) is 85.6 Å². The molecule has 0 aliphatic rings. The van der Waals surface area contributed by atoms with E-state index in [4.69, 9.17) is 11.6 Å². The van der Waals surface area contributed by atoms with Gasteiger partial charge in [-0.15, -0.1) is 0 Å². The molecule has 34 heavy (non-hydrogen) atoms. The topological polar surface area (TPSA) is 80.0 Å². The second-order valence-electron chi connectivity index (χ2n) is 8.14. The molecule has 2 atom stereocenters. The van der Waals surface area contributed by atoms with Gasteiger partial charge in [0.15, 0.2) is 5.82 Å². The Morgan fingerprint density at radius 1 is 1.06 bits per heavy atom. The van der Waals surface area contributed by atoms with Crippen molar-refractivity contribution in [3.8, 4) is 17.1 Å². The summed E-state index contributed by atoms with van der Waals surface area (Å²) in [4.78, 5) is 17.8. The zero-order valence-electron chi connectivity index (χ0n) is 18.9. The van der Waals surface area contributed by atoms with Gasteiger partial charge in [0.2, 0.25) is 0 Å². The molecule has 2 heterocycles. The highest BCUT2D eigenvalue weighted by Gasteiger charge is 2.24. The number of aliphatic hydroxyl groups excluding tert-OH is 1. The van der Waals surface area contributed by atoms with E-state index in [0.717, 1.165) is 17.5 Å². The van der Waals surface area contributed by atoms with Crippen LogP contribution in [0.3, 0.4) is 0 Å². The fraction of sp³-hybridized carbons (Fsp3) is 0.222. The van der Waals surface area contributed by atoms with Gasteiger partial charge >= 0.3 is 0 Å². The summed E-state index contributed by atoms with van der Waals surface area (Å²) in [5.41, 5.74) is 2.88. The number of halogens is 1. The summed E-state index contributed by atoms with van der Waals surface area (Å²) in [6.07, 6.45) is 4.52. The van der Waals surface area contributed by atoms with Crippen molar-refractivity contribution in [1.29, 1.82) is 0 Å². The van der Waals surface area contributed by atoms with Crippen molar-refractivity contribution in [1.82, 2.24) is 20.1 Å². The summed E-state index contributed by atoms with van der Waals surface area (Å²) < 4.78 is 1.52. The lowest BCUT2D eigenvalue weighted by Gasteiger charge is -2.24. The molecule has 0 saturated carbocycles. The molecule has 174 valence electrons. The molecule has 2 N–H and O–H groups in total. The number of pyridine rings is 1. The summed E-state index contributed by atoms with van der Waals surface area (Å²) in [7, 11) is 0. The number of aromatic nitrogens is 3. The lowest BCUT2D eigenvalue weighted by atomic mass is 9.98. The number of hydrogen-bond acceptors (Lipinski definition) is 4. The molecule has 0 aliphatic heterocycles. The Kier molecular flexibility index (Phi) is 7.72. The van der Waals surface area contributed by atoms with Gasteiger partial charge < -0.3 is 10.4 Å². The number of nitrogens with one attached hydrogen (secondary N) is 1. The molecule has 2 unspecified atom stereocenters. The first-order valence-corrected chi connectivity index (χ1v) is 11.7. The van der Waals surface area contributed by atoms with Crippen LogP contribution in [0.25, 0.3) is 17.1 Å². The third kappa shape index (κ3) is 5.53. The highest BCUT2D eigenvalue weighted by molar-refractivity contribution is 6.33. The highest BCUT2D eigenvalue weighted by Crippen LogP contribution is 2.27. The monoisotopic (exact) mass is 474 g/mol. The summed E-state index contributed by atoms with van der Waals surface area (Å²) in [6, 6.07) is 22.4. The minimum Gasteiger partial charge on any atom is -0.391 e. The van der Waals surface area contributed by atoms with E-state index in [1.165, 1.54) is 4.68 Å². The lowest BCUT2D eigenvalue weighted by molar-refractivity contribution is 0.0812. The Morgan fingerprint density at radius 2 is 1.76 bits per heavy atom. The van der Waals surface area contributed by atoms with Gasteiger partial charge in [0.25, 0.3) is 5.91 Å². The molecule has 4 rings (SSSR count). The first kappa shape index (κ1) is 23.7. The molecule has 2 aromatic heterocycles. The Morgan fingerprint density at radius 3 is 2.47 bits per heavy atom. The van der Waals surface area contributed by atoms with Crippen LogP contribution in [0.15, 0.2) is 85.2 Å². The molecule has 0 radical (unpaired) electrons. The molecule has 0 fully saturated rings. The Bertz CT molecular complexity index is 1230. The van der Waals surface area contributed by atoms with Gasteiger partial charge in [-0.2, -0.15) is 5.10 Å². The maximum absolute atomic E-state index is 13.4. The van der Waals surface area contributed by atoms with Gasteiger partial charge in [0.05, 0.1) is 28.9 Å². The largest absolute Gasteiger partial charge is 0.391 e. The molecule has 0 saturated heterocycles. The molecule has 6 nitrogen and oxygen atoms in total. The van der Waals surface area contributed by atoms with Crippen molar-refractivity contribution >= 4 is 17.5 Å². The Balaban J connectivity index is 1.62. The number of amides is 1. The van der Waals surface area contributed by atoms with Crippen LogP contribution in [-0.4, -0.2) is 37.9 Å². The fourth-order valence-corrected chi connectivity index (χ4v) is 4.14. The number of rotatable bonds is 9. The number of aliphatic hydroxyl groups is 1. The van der Waals surface area contributed by atoms with Crippen LogP contribution >= 0.6 is 11.6 Å². The molecule has 1 amide bonds. The number of nitrogens with zero attached hydrogens (tertiary/aromatic N) is 3. The van der Waals surface area contributed by atoms with E-state index < -0.39 is 12.1 Å². The van der Waals surface area contributed by atoms with Crippen LogP contribution in [0.1, 0.15) is 35.7 Å². The van der Waals surface area contributed by atoms with Gasteiger partial charge in [0, 0.05) is 11.8 Å². The van der Waals surface area contributed by atoms with E-state index >= 15 is 0 Å². The summed E-state index contributed by atoms with van der Waals surface area (Å²) >= 11 is 6.47. The maximum atomic E-state index is 13.4. The number of carbonyl (C=O) groups is 1. The van der Waals surface area contributed by atoms with Crippen LogP contribution in [0, 0.1) is 0 Å². The minimum atomic E-state index is -0.668. The van der Waals surface area contributed by atoms with Gasteiger partial charge in [-0.3, -0.25) is 4.79 Å². The van der Waals surface area contributed by atoms with E-state index in [-0.39, 0.29) is 5.91 Å². The molecular formula is C27H27ClN4O2. The van der Waals surface area contributed by atoms with E-state index in [1.54, 1.807) is 24.5 Å². The highest BCUT2D eigenvalue weighted by atomic mass is 35.5. The van der Waals surface area contributed by atoms with Crippen LogP contribution in [0.5, 0.6) is 0 Å². The van der Waals surface area contributed by atoms with Crippen molar-refractivity contribution in [2.75, 3.05) is 0 Å². The molecule has 0 spiro atoms. The van der Waals surface area contributed by atoms with Crippen molar-refractivity contribution in [3.63, 3.8) is 0 Å². The molecule has 0 aliphatic carbocycles. The maximum Gasteiger partial charge on any atom is 0.255 e. The summed E-state index contributed by atoms with van der Waals surface area (Å²) in [6.45, 7) is 2.01. The van der Waals surface area contributed by atoms with Crippen molar-refractivity contribution in [3.05, 3.63) is 101 Å². The van der Waals surface area contributed by atoms with E-state index in [0.29, 0.717) is 34.9 Å². The second kappa shape index (κ2) is 11.1. The second-order valence-corrected chi connectivity index (χ2v) is 8.54. The van der Waals surface area contributed by atoms with Gasteiger partial charge in [-0.05, 0) is 30.5 Å². The Labute approximate surface area is 204 Å². The first-order chi connectivity index (χ1) is 16.6. The van der Waals surface area contributed by atoms with Crippen LogP contribution in [-0.2, 0) is 6.42 Å². The molecule has 7 heteroatoms. The summed E-state index contributed by atoms with van der Waals surface area (Å²) in [5, 5.41) is 18.8. The van der Waals surface area contributed by atoms with Gasteiger partial charge in [-0.25, -0.2) is 9.67 Å². The summed E-state index contributed by atoms with van der Waals surface area (Å²) in [5.74, 6) is 0.0413. The van der Waals surface area contributed by atoms with Gasteiger partial charge in [0.1, 0.15) is 5.69 Å². The molecule has 2 aromatic carbocycles. The van der Waals surface area contributed by atoms with Crippen LogP contribution < -0.4 is 5.32 Å². The minimum absolute atomic E-state index is 0.327. The first-order valence-electron chi connectivity index (χ1n) is 11.4.